The second-order valence-electron chi connectivity index (χ2n) is 8.75. The van der Waals surface area contributed by atoms with E-state index < -0.39 is 0 Å². The summed E-state index contributed by atoms with van der Waals surface area (Å²) in [6, 6.07) is 32.9. The van der Waals surface area contributed by atoms with E-state index in [0.29, 0.717) is 0 Å². The van der Waals surface area contributed by atoms with Crippen molar-refractivity contribution in [3.8, 4) is 11.1 Å². The molecule has 7 rings (SSSR count). The summed E-state index contributed by atoms with van der Waals surface area (Å²) < 4.78 is 0. The molecule has 2 aromatic heterocycles. The van der Waals surface area contributed by atoms with Gasteiger partial charge in [0.15, 0.2) is 0 Å². The fraction of sp³-hybridized carbons (Fsp3) is 0.0323. The minimum Gasteiger partial charge on any atom is -0.254 e. The summed E-state index contributed by atoms with van der Waals surface area (Å²) in [5.74, 6) is 0. The molecule has 0 bridgehead atoms. The second-order valence-corrected chi connectivity index (χ2v) is 8.75. The normalized spacial score (nSPS) is 11.8. The zero-order valence-corrected chi connectivity index (χ0v) is 18.2. The van der Waals surface area contributed by atoms with E-state index in [1.807, 2.05) is 24.5 Å². The SMILES string of the molecule is Cc1ccc2c3ccc(-c4cc5cccnc5c5ncccc45)cc3c3ccccc3c2c1. The van der Waals surface area contributed by atoms with Crippen LogP contribution in [0.25, 0.3) is 65.3 Å². The molecular formula is C31H20N2. The zero-order valence-electron chi connectivity index (χ0n) is 18.2. The number of nitrogens with zero attached hydrogens (tertiary/aromatic N) is 2. The molecule has 0 unspecified atom stereocenters. The average Bonchev–Trinajstić information content (AvgIpc) is 2.88. The highest BCUT2D eigenvalue weighted by molar-refractivity contribution is 6.26. The largest absolute Gasteiger partial charge is 0.254 e. The van der Waals surface area contributed by atoms with E-state index in [4.69, 9.17) is 4.98 Å². The Labute approximate surface area is 191 Å². The van der Waals surface area contributed by atoms with Crippen LogP contribution in [0.4, 0.5) is 0 Å². The first-order chi connectivity index (χ1) is 16.3. The number of hydrogen-bond donors (Lipinski definition) is 0. The molecule has 154 valence electrons. The summed E-state index contributed by atoms with van der Waals surface area (Å²) >= 11 is 0. The molecule has 0 aliphatic heterocycles. The standard InChI is InChI=1S/C31H20N2/c1-19-10-12-24-25-13-11-20(17-29(25)23-8-3-2-7-22(23)28(24)16-19)27-18-21-6-4-14-32-30(21)31-26(27)9-5-15-33-31/h2-18H,1H3. The molecule has 0 radical (unpaired) electrons. The van der Waals surface area contributed by atoms with Crippen molar-refractivity contribution in [3.63, 3.8) is 0 Å². The van der Waals surface area contributed by atoms with Crippen LogP contribution in [-0.2, 0) is 0 Å². The summed E-state index contributed by atoms with van der Waals surface area (Å²) in [6.07, 6.45) is 3.69. The molecule has 2 heteroatoms. The van der Waals surface area contributed by atoms with Crippen LogP contribution in [0.5, 0.6) is 0 Å². The number of benzene rings is 5. The fourth-order valence-electron chi connectivity index (χ4n) is 5.25. The van der Waals surface area contributed by atoms with Gasteiger partial charge in [0.1, 0.15) is 0 Å². The molecule has 5 aromatic carbocycles. The van der Waals surface area contributed by atoms with Crippen molar-refractivity contribution in [1.29, 1.82) is 0 Å². The van der Waals surface area contributed by atoms with E-state index >= 15 is 0 Å². The lowest BCUT2D eigenvalue weighted by Gasteiger charge is -2.14. The number of aryl methyl sites for hydroxylation is 1. The quantitative estimate of drug-likeness (QED) is 0.250. The summed E-state index contributed by atoms with van der Waals surface area (Å²) in [7, 11) is 0. The minimum atomic E-state index is 0.949. The van der Waals surface area contributed by atoms with E-state index in [1.54, 1.807) is 0 Å². The molecular weight excluding hydrogens is 400 g/mol. The van der Waals surface area contributed by atoms with Crippen LogP contribution in [0.2, 0.25) is 0 Å². The molecule has 0 spiro atoms. The lowest BCUT2D eigenvalue weighted by atomic mass is 9.90. The van der Waals surface area contributed by atoms with Crippen LogP contribution >= 0.6 is 0 Å². The minimum absolute atomic E-state index is 0.949. The van der Waals surface area contributed by atoms with E-state index in [9.17, 15) is 0 Å². The molecule has 2 nitrogen and oxygen atoms in total. The first-order valence-electron chi connectivity index (χ1n) is 11.3. The van der Waals surface area contributed by atoms with Gasteiger partial charge in [0, 0.05) is 23.2 Å². The average molecular weight is 421 g/mol. The van der Waals surface area contributed by atoms with Gasteiger partial charge in [-0.1, -0.05) is 72.3 Å². The molecule has 7 aromatic rings. The predicted octanol–water partition coefficient (Wildman–Crippen LogP) is 8.22. The van der Waals surface area contributed by atoms with Crippen LogP contribution in [0, 0.1) is 6.92 Å². The topological polar surface area (TPSA) is 25.8 Å². The fourth-order valence-corrected chi connectivity index (χ4v) is 5.25. The summed E-state index contributed by atoms with van der Waals surface area (Å²) in [6.45, 7) is 2.16. The number of aromatic nitrogens is 2. The maximum Gasteiger partial charge on any atom is 0.0970 e. The molecule has 0 saturated heterocycles. The highest BCUT2D eigenvalue weighted by Gasteiger charge is 2.13. The Kier molecular flexibility index (Phi) is 3.80. The van der Waals surface area contributed by atoms with Gasteiger partial charge in [0.25, 0.3) is 0 Å². The lowest BCUT2D eigenvalue weighted by Crippen LogP contribution is -1.90. The smallest absolute Gasteiger partial charge is 0.0970 e. The third kappa shape index (κ3) is 2.68. The van der Waals surface area contributed by atoms with Crippen molar-refractivity contribution in [2.24, 2.45) is 0 Å². The van der Waals surface area contributed by atoms with Gasteiger partial charge in [-0.15, -0.1) is 0 Å². The zero-order chi connectivity index (χ0) is 21.9. The van der Waals surface area contributed by atoms with Crippen molar-refractivity contribution in [2.75, 3.05) is 0 Å². The van der Waals surface area contributed by atoms with Gasteiger partial charge in [0.2, 0.25) is 0 Å². The van der Waals surface area contributed by atoms with Crippen LogP contribution < -0.4 is 0 Å². The Morgan fingerprint density at radius 3 is 1.94 bits per heavy atom. The molecule has 0 aliphatic carbocycles. The number of fused-ring (bicyclic) bond motifs is 9. The Balaban J connectivity index is 1.62. The van der Waals surface area contributed by atoms with Crippen LogP contribution in [0.3, 0.4) is 0 Å². The van der Waals surface area contributed by atoms with Crippen molar-refractivity contribution in [2.45, 2.75) is 6.92 Å². The predicted molar refractivity (Wildman–Crippen MR) is 140 cm³/mol. The maximum absolute atomic E-state index is 4.69. The van der Waals surface area contributed by atoms with E-state index in [1.165, 1.54) is 49.0 Å². The Bertz CT molecular complexity index is 1860. The first-order valence-corrected chi connectivity index (χ1v) is 11.3. The maximum atomic E-state index is 4.69. The summed E-state index contributed by atoms with van der Waals surface area (Å²) in [5.41, 5.74) is 5.57. The number of pyridine rings is 2. The second kappa shape index (κ2) is 6.85. The van der Waals surface area contributed by atoms with Crippen molar-refractivity contribution in [1.82, 2.24) is 9.97 Å². The Hall–Kier alpha value is -4.30. The Morgan fingerprint density at radius 1 is 0.485 bits per heavy atom. The third-order valence-electron chi connectivity index (χ3n) is 6.76. The molecule has 0 saturated carbocycles. The highest BCUT2D eigenvalue weighted by Crippen LogP contribution is 2.39. The first kappa shape index (κ1) is 18.3. The molecule has 0 aliphatic rings. The van der Waals surface area contributed by atoms with Crippen molar-refractivity contribution < 1.29 is 0 Å². The van der Waals surface area contributed by atoms with Crippen molar-refractivity contribution in [3.05, 3.63) is 109 Å². The van der Waals surface area contributed by atoms with Crippen LogP contribution in [0.15, 0.2) is 103 Å². The monoisotopic (exact) mass is 420 g/mol. The highest BCUT2D eigenvalue weighted by atomic mass is 14.7. The van der Waals surface area contributed by atoms with Gasteiger partial charge in [-0.05, 0) is 74.6 Å². The van der Waals surface area contributed by atoms with Crippen LogP contribution in [-0.4, -0.2) is 9.97 Å². The molecule has 0 amide bonds. The van der Waals surface area contributed by atoms with E-state index in [0.717, 1.165) is 21.8 Å². The molecule has 2 heterocycles. The molecule has 33 heavy (non-hydrogen) atoms. The van der Waals surface area contributed by atoms with Gasteiger partial charge >= 0.3 is 0 Å². The number of hydrogen-bond acceptors (Lipinski definition) is 2. The molecule has 0 fully saturated rings. The van der Waals surface area contributed by atoms with Crippen LogP contribution in [0.1, 0.15) is 5.56 Å². The molecule has 0 atom stereocenters. The van der Waals surface area contributed by atoms with Gasteiger partial charge in [-0.25, -0.2) is 0 Å². The van der Waals surface area contributed by atoms with Crippen molar-refractivity contribution >= 4 is 54.1 Å². The lowest BCUT2D eigenvalue weighted by molar-refractivity contribution is 1.37. The summed E-state index contributed by atoms with van der Waals surface area (Å²) in [5, 5.41) is 10.0. The molecule has 0 N–H and O–H groups in total. The van der Waals surface area contributed by atoms with E-state index in [-0.39, 0.29) is 0 Å². The Morgan fingerprint density at radius 2 is 1.12 bits per heavy atom. The number of rotatable bonds is 1. The van der Waals surface area contributed by atoms with Gasteiger partial charge in [-0.2, -0.15) is 0 Å². The third-order valence-corrected chi connectivity index (χ3v) is 6.76. The van der Waals surface area contributed by atoms with Gasteiger partial charge in [-0.3, -0.25) is 9.97 Å². The summed E-state index contributed by atoms with van der Waals surface area (Å²) in [4.78, 5) is 9.31. The van der Waals surface area contributed by atoms with Gasteiger partial charge < -0.3 is 0 Å². The van der Waals surface area contributed by atoms with Gasteiger partial charge in [0.05, 0.1) is 11.0 Å². The van der Waals surface area contributed by atoms with E-state index in [2.05, 4.69) is 90.8 Å².